The van der Waals surface area contributed by atoms with Gasteiger partial charge in [0.1, 0.15) is 0 Å². The van der Waals surface area contributed by atoms with E-state index in [1.54, 1.807) is 11.0 Å². The zero-order valence-electron chi connectivity index (χ0n) is 5.75. The molecular formula is C6H10ClNOS. The van der Waals surface area contributed by atoms with Crippen molar-refractivity contribution in [1.29, 1.82) is 0 Å². The van der Waals surface area contributed by atoms with Crippen LogP contribution in [-0.4, -0.2) is 23.2 Å². The van der Waals surface area contributed by atoms with Crippen LogP contribution in [0.1, 0.15) is 6.92 Å². The molecule has 0 saturated carbocycles. The minimum absolute atomic E-state index is 0.225. The Morgan fingerprint density at radius 2 is 2.40 bits per heavy atom. The molecule has 58 valence electrons. The molecule has 0 spiro atoms. The number of hydrogen-bond acceptors (Lipinski definition) is 1. The van der Waals surface area contributed by atoms with E-state index in [0.29, 0.717) is 13.1 Å². The normalized spacial score (nSPS) is 10.3. The molecule has 0 aromatic rings. The first kappa shape index (κ1) is 9.85. The lowest BCUT2D eigenvalue weighted by molar-refractivity contribution is 0.231. The van der Waals surface area contributed by atoms with E-state index in [1.165, 1.54) is 5.54 Å². The van der Waals surface area contributed by atoms with E-state index >= 15 is 0 Å². The van der Waals surface area contributed by atoms with E-state index in [-0.39, 0.29) is 5.24 Å². The smallest absolute Gasteiger partial charge is 0.278 e. The summed E-state index contributed by atoms with van der Waals surface area (Å²) in [6, 6.07) is 0. The summed E-state index contributed by atoms with van der Waals surface area (Å²) < 4.78 is 0. The monoisotopic (exact) mass is 179 g/mol. The summed E-state index contributed by atoms with van der Waals surface area (Å²) in [5, 5.41) is -0.225. The molecule has 0 aromatic carbocycles. The summed E-state index contributed by atoms with van der Waals surface area (Å²) in [5.74, 6) is 0. The lowest BCUT2D eigenvalue weighted by Gasteiger charge is -2.14. The highest BCUT2D eigenvalue weighted by molar-refractivity contribution is 7.96. The van der Waals surface area contributed by atoms with Gasteiger partial charge in [-0.3, -0.25) is 4.79 Å². The van der Waals surface area contributed by atoms with Crippen LogP contribution in [0.4, 0.5) is 4.79 Å². The van der Waals surface area contributed by atoms with E-state index in [0.717, 1.165) is 0 Å². The van der Waals surface area contributed by atoms with Crippen LogP contribution in [0.5, 0.6) is 0 Å². The number of thiol groups is 1. The molecule has 0 radical (unpaired) electrons. The van der Waals surface area contributed by atoms with Crippen molar-refractivity contribution < 1.29 is 4.79 Å². The second kappa shape index (κ2) is 5.62. The van der Waals surface area contributed by atoms with Crippen molar-refractivity contribution in [2.45, 2.75) is 6.92 Å². The zero-order chi connectivity index (χ0) is 7.98. The SMILES string of the molecule is CCN(CC=CCl)C(=O)S. The lowest BCUT2D eigenvalue weighted by Crippen LogP contribution is -2.25. The molecule has 0 aliphatic rings. The van der Waals surface area contributed by atoms with Gasteiger partial charge in [0, 0.05) is 18.6 Å². The highest BCUT2D eigenvalue weighted by Crippen LogP contribution is 1.95. The van der Waals surface area contributed by atoms with Gasteiger partial charge in [-0.2, -0.15) is 0 Å². The molecule has 1 amide bonds. The molecule has 0 unspecified atom stereocenters. The number of halogens is 1. The Bertz CT molecular complexity index is 138. The molecule has 0 rings (SSSR count). The van der Waals surface area contributed by atoms with Crippen molar-refractivity contribution in [2.75, 3.05) is 13.1 Å². The third kappa shape index (κ3) is 3.80. The number of carbonyl (C=O) groups excluding carboxylic acids is 1. The molecule has 0 saturated heterocycles. The molecule has 2 nitrogen and oxygen atoms in total. The fourth-order valence-electron chi connectivity index (χ4n) is 0.510. The minimum atomic E-state index is -0.225. The number of amides is 1. The van der Waals surface area contributed by atoms with Crippen molar-refractivity contribution in [1.82, 2.24) is 4.90 Å². The summed E-state index contributed by atoms with van der Waals surface area (Å²) in [6.45, 7) is 3.07. The highest BCUT2D eigenvalue weighted by atomic mass is 35.5. The molecule has 0 aliphatic carbocycles. The maximum absolute atomic E-state index is 10.6. The average molecular weight is 180 g/mol. The molecular weight excluding hydrogens is 170 g/mol. The van der Waals surface area contributed by atoms with Gasteiger partial charge in [-0.15, -0.1) is 0 Å². The van der Waals surface area contributed by atoms with Crippen LogP contribution in [-0.2, 0) is 0 Å². The number of likely N-dealkylation sites (N-methyl/N-ethyl adjacent to an activating group) is 1. The van der Waals surface area contributed by atoms with E-state index < -0.39 is 0 Å². The van der Waals surface area contributed by atoms with Gasteiger partial charge in [-0.05, 0) is 6.92 Å². The van der Waals surface area contributed by atoms with Gasteiger partial charge in [-0.1, -0.05) is 30.3 Å². The molecule has 10 heavy (non-hydrogen) atoms. The van der Waals surface area contributed by atoms with Crippen LogP contribution in [0.15, 0.2) is 11.6 Å². The van der Waals surface area contributed by atoms with Crippen molar-refractivity contribution in [2.24, 2.45) is 0 Å². The molecule has 0 aromatic heterocycles. The predicted octanol–water partition coefficient (Wildman–Crippen LogP) is 2.11. The summed E-state index contributed by atoms with van der Waals surface area (Å²) in [5.41, 5.74) is 1.39. The third-order valence-electron chi connectivity index (χ3n) is 1.07. The standard InChI is InChI=1S/C6H10ClNOS/c1-2-8(6(9)10)5-3-4-7/h3-4H,2,5H2,1H3,(H,9,10). The van der Waals surface area contributed by atoms with E-state index in [9.17, 15) is 4.79 Å². The molecule has 4 heteroatoms. The van der Waals surface area contributed by atoms with Crippen LogP contribution in [0.25, 0.3) is 0 Å². The average Bonchev–Trinajstić information content (AvgIpc) is 1.89. The predicted molar refractivity (Wildman–Crippen MR) is 46.6 cm³/mol. The van der Waals surface area contributed by atoms with Gasteiger partial charge in [0.2, 0.25) is 0 Å². The maximum atomic E-state index is 10.6. The van der Waals surface area contributed by atoms with Crippen molar-refractivity contribution >= 4 is 29.5 Å². The fraction of sp³-hybridized carbons (Fsp3) is 0.500. The molecule has 0 heterocycles. The first-order valence-electron chi connectivity index (χ1n) is 2.95. The summed E-state index contributed by atoms with van der Waals surface area (Å²) in [7, 11) is 0. The Hall–Kier alpha value is -0.150. The summed E-state index contributed by atoms with van der Waals surface area (Å²) >= 11 is 8.92. The molecule has 0 atom stereocenters. The van der Waals surface area contributed by atoms with Crippen LogP contribution in [0.2, 0.25) is 0 Å². The lowest BCUT2D eigenvalue weighted by atomic mass is 10.5. The molecule has 0 aliphatic heterocycles. The van der Waals surface area contributed by atoms with Crippen LogP contribution in [0.3, 0.4) is 0 Å². The first-order valence-corrected chi connectivity index (χ1v) is 3.83. The number of carbonyl (C=O) groups is 1. The summed E-state index contributed by atoms with van der Waals surface area (Å²) in [6.07, 6.45) is 1.69. The number of hydrogen-bond donors (Lipinski definition) is 1. The van der Waals surface area contributed by atoms with Gasteiger partial charge < -0.3 is 4.90 Å². The first-order chi connectivity index (χ1) is 4.72. The molecule has 0 fully saturated rings. The Kier molecular flexibility index (Phi) is 5.54. The second-order valence-electron chi connectivity index (χ2n) is 1.68. The maximum Gasteiger partial charge on any atom is 0.278 e. The summed E-state index contributed by atoms with van der Waals surface area (Å²) in [4.78, 5) is 12.2. The van der Waals surface area contributed by atoms with Crippen molar-refractivity contribution in [3.05, 3.63) is 11.6 Å². The fourth-order valence-corrected chi connectivity index (χ4v) is 0.812. The zero-order valence-corrected chi connectivity index (χ0v) is 7.40. The van der Waals surface area contributed by atoms with E-state index in [2.05, 4.69) is 12.6 Å². The largest absolute Gasteiger partial charge is 0.330 e. The Labute approximate surface area is 71.3 Å². The highest BCUT2D eigenvalue weighted by Gasteiger charge is 2.02. The quantitative estimate of drug-likeness (QED) is 0.659. The second-order valence-corrected chi connectivity index (χ2v) is 2.32. The third-order valence-corrected chi connectivity index (χ3v) is 1.53. The molecule has 0 bridgehead atoms. The molecule has 0 N–H and O–H groups in total. The van der Waals surface area contributed by atoms with Gasteiger partial charge in [0.25, 0.3) is 5.24 Å². The van der Waals surface area contributed by atoms with Crippen molar-refractivity contribution in [3.8, 4) is 0 Å². The van der Waals surface area contributed by atoms with Gasteiger partial charge >= 0.3 is 0 Å². The Balaban J connectivity index is 3.71. The van der Waals surface area contributed by atoms with E-state index in [1.807, 2.05) is 6.92 Å². The van der Waals surface area contributed by atoms with Gasteiger partial charge in [0.15, 0.2) is 0 Å². The number of rotatable bonds is 3. The number of nitrogens with zero attached hydrogens (tertiary/aromatic N) is 1. The van der Waals surface area contributed by atoms with Crippen molar-refractivity contribution in [3.63, 3.8) is 0 Å². The van der Waals surface area contributed by atoms with Gasteiger partial charge in [0.05, 0.1) is 0 Å². The van der Waals surface area contributed by atoms with Crippen LogP contribution in [0, 0.1) is 0 Å². The van der Waals surface area contributed by atoms with Crippen LogP contribution >= 0.6 is 24.2 Å². The Morgan fingerprint density at radius 1 is 1.80 bits per heavy atom. The minimum Gasteiger partial charge on any atom is -0.330 e. The Morgan fingerprint density at radius 3 is 2.70 bits per heavy atom. The van der Waals surface area contributed by atoms with Gasteiger partial charge in [-0.25, -0.2) is 0 Å². The van der Waals surface area contributed by atoms with Crippen LogP contribution < -0.4 is 0 Å². The topological polar surface area (TPSA) is 20.3 Å². The van der Waals surface area contributed by atoms with E-state index in [4.69, 9.17) is 11.6 Å².